The Morgan fingerprint density at radius 3 is 3.00 bits per heavy atom. The molecule has 2 heterocycles. The molecule has 100 valence electrons. The van der Waals surface area contributed by atoms with E-state index in [2.05, 4.69) is 16.0 Å². The molecule has 4 nitrogen and oxygen atoms in total. The number of pyridine rings is 1. The van der Waals surface area contributed by atoms with Gasteiger partial charge in [-0.1, -0.05) is 25.7 Å². The van der Waals surface area contributed by atoms with Gasteiger partial charge in [0, 0.05) is 11.9 Å². The molecule has 19 heavy (non-hydrogen) atoms. The molecule has 1 aliphatic carbocycles. The topological polar surface area (TPSA) is 55.0 Å². The molecule has 0 unspecified atom stereocenters. The lowest BCUT2D eigenvalue weighted by Gasteiger charge is -2.05. The highest BCUT2D eigenvalue weighted by Gasteiger charge is 2.18. The van der Waals surface area contributed by atoms with Crippen molar-refractivity contribution in [3.05, 3.63) is 29.6 Å². The molecule has 2 aromatic rings. The summed E-state index contributed by atoms with van der Waals surface area (Å²) in [6.07, 6.45) is 8.02. The van der Waals surface area contributed by atoms with Gasteiger partial charge in [0.05, 0.1) is 23.7 Å². The monoisotopic (exact) mass is 258 g/mol. The molecular formula is C15H18N2O2. The second kappa shape index (κ2) is 5.03. The number of aromatic amines is 1. The van der Waals surface area contributed by atoms with Crippen LogP contribution >= 0.6 is 0 Å². The van der Waals surface area contributed by atoms with E-state index in [1.165, 1.54) is 38.5 Å². The molecule has 1 saturated carbocycles. The first-order valence-electron chi connectivity index (χ1n) is 6.83. The smallest absolute Gasteiger partial charge is 0.340 e. The number of methoxy groups -OCH3 is 1. The number of hydrogen-bond donors (Lipinski definition) is 1. The number of carbonyl (C=O) groups is 1. The van der Waals surface area contributed by atoms with Crippen molar-refractivity contribution in [2.75, 3.05) is 7.11 Å². The highest BCUT2D eigenvalue weighted by atomic mass is 16.5. The first kappa shape index (κ1) is 12.2. The van der Waals surface area contributed by atoms with Gasteiger partial charge in [-0.15, -0.1) is 0 Å². The first-order valence-corrected chi connectivity index (χ1v) is 6.83. The molecule has 1 aliphatic rings. The zero-order valence-electron chi connectivity index (χ0n) is 11.1. The maximum absolute atomic E-state index is 11.7. The van der Waals surface area contributed by atoms with Gasteiger partial charge in [0.2, 0.25) is 0 Å². The van der Waals surface area contributed by atoms with E-state index in [0.29, 0.717) is 5.56 Å². The van der Waals surface area contributed by atoms with Crippen molar-refractivity contribution in [3.63, 3.8) is 0 Å². The van der Waals surface area contributed by atoms with Crippen molar-refractivity contribution in [2.45, 2.75) is 32.1 Å². The van der Waals surface area contributed by atoms with E-state index in [1.54, 1.807) is 12.3 Å². The molecule has 1 N–H and O–H groups in total. The Bertz CT molecular complexity index is 597. The lowest BCUT2D eigenvalue weighted by atomic mass is 10.0. The number of nitrogens with zero attached hydrogens (tertiary/aromatic N) is 1. The van der Waals surface area contributed by atoms with Crippen LogP contribution in [0.4, 0.5) is 0 Å². The highest BCUT2D eigenvalue weighted by Crippen LogP contribution is 2.29. The fraction of sp³-hybridized carbons (Fsp3) is 0.467. The molecule has 0 aliphatic heterocycles. The summed E-state index contributed by atoms with van der Waals surface area (Å²) in [5.74, 6) is 0.455. The Hall–Kier alpha value is -1.84. The van der Waals surface area contributed by atoms with E-state index in [-0.39, 0.29) is 5.97 Å². The Morgan fingerprint density at radius 2 is 2.26 bits per heavy atom. The molecule has 3 rings (SSSR count). The van der Waals surface area contributed by atoms with Gasteiger partial charge in [0.1, 0.15) is 0 Å². The summed E-state index contributed by atoms with van der Waals surface area (Å²) in [5, 5.41) is 0. The van der Waals surface area contributed by atoms with Gasteiger partial charge in [0.15, 0.2) is 0 Å². The number of esters is 1. The number of carbonyl (C=O) groups excluding carboxylic acids is 1. The lowest BCUT2D eigenvalue weighted by Crippen LogP contribution is -2.02. The van der Waals surface area contributed by atoms with Crippen molar-refractivity contribution in [1.29, 1.82) is 0 Å². The normalized spacial score (nSPS) is 16.1. The van der Waals surface area contributed by atoms with Crippen LogP contribution in [0.5, 0.6) is 0 Å². The molecule has 0 saturated heterocycles. The number of rotatable bonds is 3. The molecule has 4 heteroatoms. The predicted octanol–water partition coefficient (Wildman–Crippen LogP) is 3.08. The van der Waals surface area contributed by atoms with E-state index in [1.807, 2.05) is 0 Å². The van der Waals surface area contributed by atoms with Crippen LogP contribution in [-0.2, 0) is 11.2 Å². The third kappa shape index (κ3) is 2.35. The number of ether oxygens (including phenoxy) is 1. The largest absolute Gasteiger partial charge is 0.465 e. The molecule has 2 aromatic heterocycles. The third-order valence-electron chi connectivity index (χ3n) is 3.97. The molecule has 0 spiro atoms. The lowest BCUT2D eigenvalue weighted by molar-refractivity contribution is 0.0602. The van der Waals surface area contributed by atoms with Gasteiger partial charge in [-0.05, 0) is 24.5 Å². The summed E-state index contributed by atoms with van der Waals surface area (Å²) in [4.78, 5) is 19.4. The third-order valence-corrected chi connectivity index (χ3v) is 3.97. The van der Waals surface area contributed by atoms with Crippen LogP contribution in [0.1, 0.15) is 41.7 Å². The zero-order valence-corrected chi connectivity index (χ0v) is 11.1. The minimum atomic E-state index is -0.318. The number of fused-ring (bicyclic) bond motifs is 1. The zero-order chi connectivity index (χ0) is 13.2. The van der Waals surface area contributed by atoms with Crippen LogP contribution < -0.4 is 0 Å². The van der Waals surface area contributed by atoms with Crippen molar-refractivity contribution in [1.82, 2.24) is 9.97 Å². The van der Waals surface area contributed by atoms with Gasteiger partial charge in [-0.2, -0.15) is 0 Å². The van der Waals surface area contributed by atoms with Gasteiger partial charge < -0.3 is 9.72 Å². The Balaban J connectivity index is 1.93. The Labute approximate surface area is 112 Å². The highest BCUT2D eigenvalue weighted by molar-refractivity contribution is 6.01. The first-order chi connectivity index (χ1) is 9.28. The van der Waals surface area contributed by atoms with Crippen LogP contribution in [0.2, 0.25) is 0 Å². The molecule has 0 amide bonds. The average molecular weight is 258 g/mol. The second-order valence-electron chi connectivity index (χ2n) is 5.26. The summed E-state index contributed by atoms with van der Waals surface area (Å²) < 4.78 is 4.80. The van der Waals surface area contributed by atoms with Crippen LogP contribution in [0, 0.1) is 5.92 Å². The van der Waals surface area contributed by atoms with Gasteiger partial charge in [0.25, 0.3) is 0 Å². The molecule has 1 fully saturated rings. The molecular weight excluding hydrogens is 240 g/mol. The van der Waals surface area contributed by atoms with Crippen LogP contribution in [0.15, 0.2) is 18.3 Å². The summed E-state index contributed by atoms with van der Waals surface area (Å²) >= 11 is 0. The fourth-order valence-corrected chi connectivity index (χ4v) is 3.00. The summed E-state index contributed by atoms with van der Waals surface area (Å²) in [6, 6.07) is 3.75. The summed E-state index contributed by atoms with van der Waals surface area (Å²) in [5.41, 5.74) is 3.37. The van der Waals surface area contributed by atoms with Crippen molar-refractivity contribution in [3.8, 4) is 0 Å². The van der Waals surface area contributed by atoms with E-state index in [0.717, 1.165) is 23.4 Å². The van der Waals surface area contributed by atoms with E-state index < -0.39 is 0 Å². The number of aromatic nitrogens is 2. The maximum atomic E-state index is 11.7. The van der Waals surface area contributed by atoms with E-state index in [9.17, 15) is 4.79 Å². The van der Waals surface area contributed by atoms with Crippen LogP contribution in [-0.4, -0.2) is 23.0 Å². The quantitative estimate of drug-likeness (QED) is 0.861. The molecule has 0 aromatic carbocycles. The molecule has 0 atom stereocenters. The van der Waals surface area contributed by atoms with Crippen molar-refractivity contribution >= 4 is 17.0 Å². The Kier molecular flexibility index (Phi) is 3.23. The van der Waals surface area contributed by atoms with Gasteiger partial charge >= 0.3 is 5.97 Å². The number of H-pyrrole nitrogens is 1. The Morgan fingerprint density at radius 1 is 1.47 bits per heavy atom. The molecule has 0 bridgehead atoms. The van der Waals surface area contributed by atoms with Crippen LogP contribution in [0.3, 0.4) is 0 Å². The summed E-state index contributed by atoms with van der Waals surface area (Å²) in [7, 11) is 1.40. The van der Waals surface area contributed by atoms with Crippen molar-refractivity contribution < 1.29 is 9.53 Å². The SMILES string of the molecule is COC(=O)c1ccnc2cc(CC3CCCC3)[nH]c12. The maximum Gasteiger partial charge on any atom is 0.340 e. The van der Waals surface area contributed by atoms with E-state index in [4.69, 9.17) is 4.74 Å². The average Bonchev–Trinajstić information content (AvgIpc) is 3.06. The predicted molar refractivity (Wildman–Crippen MR) is 73.1 cm³/mol. The molecule has 0 radical (unpaired) electrons. The van der Waals surface area contributed by atoms with Crippen LogP contribution in [0.25, 0.3) is 11.0 Å². The minimum absolute atomic E-state index is 0.318. The van der Waals surface area contributed by atoms with E-state index >= 15 is 0 Å². The minimum Gasteiger partial charge on any atom is -0.465 e. The van der Waals surface area contributed by atoms with Gasteiger partial charge in [-0.3, -0.25) is 4.98 Å². The second-order valence-corrected chi connectivity index (χ2v) is 5.26. The van der Waals surface area contributed by atoms with Gasteiger partial charge in [-0.25, -0.2) is 4.79 Å². The standard InChI is InChI=1S/C15H18N2O2/c1-19-15(18)12-6-7-16-13-9-11(17-14(12)13)8-10-4-2-3-5-10/h6-7,9-10,17H,2-5,8H2,1H3. The number of hydrogen-bond acceptors (Lipinski definition) is 3. The fourth-order valence-electron chi connectivity index (χ4n) is 3.00. The summed E-state index contributed by atoms with van der Waals surface area (Å²) in [6.45, 7) is 0. The van der Waals surface area contributed by atoms with Crippen molar-refractivity contribution in [2.24, 2.45) is 5.92 Å². The number of nitrogens with one attached hydrogen (secondary N) is 1.